The Kier molecular flexibility index (Phi) is 7.28. The number of carbonyl (C=O) groups excluding carboxylic acids is 1. The highest BCUT2D eigenvalue weighted by atomic mass is 16.5. The van der Waals surface area contributed by atoms with Gasteiger partial charge < -0.3 is 15.0 Å². The Morgan fingerprint density at radius 1 is 1.28 bits per heavy atom. The van der Waals surface area contributed by atoms with E-state index in [1.807, 2.05) is 13.8 Å². The van der Waals surface area contributed by atoms with Crippen LogP contribution in [0.5, 0.6) is 0 Å². The summed E-state index contributed by atoms with van der Waals surface area (Å²) in [5, 5.41) is 3.38. The number of nitrogens with zero attached hydrogens (tertiary/aromatic N) is 1. The summed E-state index contributed by atoms with van der Waals surface area (Å²) in [6.07, 6.45) is 4.76. The second-order valence-electron chi connectivity index (χ2n) is 5.14. The first-order chi connectivity index (χ1) is 8.67. The van der Waals surface area contributed by atoms with E-state index in [2.05, 4.69) is 17.1 Å². The van der Waals surface area contributed by atoms with Gasteiger partial charge in [-0.3, -0.25) is 4.79 Å². The van der Waals surface area contributed by atoms with Crippen molar-refractivity contribution in [3.8, 4) is 0 Å². The number of hydrogen-bond donors (Lipinski definition) is 1. The minimum atomic E-state index is -0.162. The average molecular weight is 256 g/mol. The zero-order valence-electron chi connectivity index (χ0n) is 12.1. The molecular formula is C14H28N2O2. The molecule has 1 fully saturated rings. The molecule has 0 saturated carbocycles. The molecule has 106 valence electrons. The van der Waals surface area contributed by atoms with Gasteiger partial charge in [0.05, 0.1) is 6.61 Å². The van der Waals surface area contributed by atoms with Gasteiger partial charge in [-0.25, -0.2) is 0 Å². The van der Waals surface area contributed by atoms with Gasteiger partial charge in [0.15, 0.2) is 0 Å². The normalized spacial score (nSPS) is 20.4. The summed E-state index contributed by atoms with van der Waals surface area (Å²) in [4.78, 5) is 14.2. The summed E-state index contributed by atoms with van der Waals surface area (Å²) < 4.78 is 5.07. The number of piperidine rings is 1. The first kappa shape index (κ1) is 15.4. The van der Waals surface area contributed by atoms with Gasteiger partial charge in [0.2, 0.25) is 0 Å². The molecule has 0 aliphatic carbocycles. The second-order valence-corrected chi connectivity index (χ2v) is 5.14. The van der Waals surface area contributed by atoms with Crippen LogP contribution in [0.1, 0.15) is 46.5 Å². The zero-order valence-corrected chi connectivity index (χ0v) is 12.1. The van der Waals surface area contributed by atoms with Crippen LogP contribution in [0.4, 0.5) is 0 Å². The number of ether oxygens (including phenoxy) is 1. The molecule has 0 spiro atoms. The monoisotopic (exact) mass is 256 g/mol. The summed E-state index contributed by atoms with van der Waals surface area (Å²) in [7, 11) is 0. The Labute approximate surface area is 111 Å². The molecule has 1 aliphatic heterocycles. The summed E-state index contributed by atoms with van der Waals surface area (Å²) in [6, 6.07) is 0.169. The van der Waals surface area contributed by atoms with Crippen LogP contribution in [0.3, 0.4) is 0 Å². The number of nitrogens with one attached hydrogen (secondary N) is 1. The molecule has 1 aliphatic rings. The van der Waals surface area contributed by atoms with Crippen LogP contribution in [-0.2, 0) is 9.53 Å². The third-order valence-electron chi connectivity index (χ3n) is 3.45. The van der Waals surface area contributed by atoms with Crippen molar-refractivity contribution in [3.63, 3.8) is 0 Å². The van der Waals surface area contributed by atoms with E-state index >= 15 is 0 Å². The quantitative estimate of drug-likeness (QED) is 0.705. The van der Waals surface area contributed by atoms with E-state index in [4.69, 9.17) is 4.74 Å². The van der Waals surface area contributed by atoms with Gasteiger partial charge in [0, 0.05) is 12.6 Å². The molecule has 4 nitrogen and oxygen atoms in total. The Morgan fingerprint density at radius 3 is 2.50 bits per heavy atom. The van der Waals surface area contributed by atoms with Crippen molar-refractivity contribution in [2.24, 2.45) is 0 Å². The van der Waals surface area contributed by atoms with Crippen LogP contribution in [0.25, 0.3) is 0 Å². The summed E-state index contributed by atoms with van der Waals surface area (Å²) >= 11 is 0. The largest absolute Gasteiger partial charge is 0.465 e. The molecule has 1 N–H and O–H groups in total. The number of esters is 1. The minimum absolute atomic E-state index is 0.120. The SMILES string of the molecule is CCOC(=O)C(CC)NC(C)CN1CCCCC1. The van der Waals surface area contributed by atoms with Crippen molar-refractivity contribution in [2.45, 2.75) is 58.5 Å². The van der Waals surface area contributed by atoms with Crippen molar-refractivity contribution in [3.05, 3.63) is 0 Å². The van der Waals surface area contributed by atoms with Gasteiger partial charge in [0.1, 0.15) is 6.04 Å². The molecule has 0 aromatic rings. The molecule has 0 bridgehead atoms. The van der Waals surface area contributed by atoms with Crippen molar-refractivity contribution < 1.29 is 9.53 Å². The fraction of sp³-hybridized carbons (Fsp3) is 0.929. The van der Waals surface area contributed by atoms with E-state index in [0.29, 0.717) is 12.6 Å². The summed E-state index contributed by atoms with van der Waals surface area (Å²) in [6.45, 7) is 9.89. The van der Waals surface area contributed by atoms with E-state index in [-0.39, 0.29) is 12.0 Å². The predicted molar refractivity (Wildman–Crippen MR) is 73.6 cm³/mol. The lowest BCUT2D eigenvalue weighted by atomic mass is 10.1. The number of rotatable bonds is 7. The molecule has 2 unspecified atom stereocenters. The fourth-order valence-electron chi connectivity index (χ4n) is 2.52. The maximum absolute atomic E-state index is 11.7. The van der Waals surface area contributed by atoms with Gasteiger partial charge in [-0.2, -0.15) is 0 Å². The second kappa shape index (κ2) is 8.48. The van der Waals surface area contributed by atoms with Crippen molar-refractivity contribution in [2.75, 3.05) is 26.2 Å². The molecule has 4 heteroatoms. The lowest BCUT2D eigenvalue weighted by Gasteiger charge is -2.30. The lowest BCUT2D eigenvalue weighted by molar-refractivity contribution is -0.146. The highest BCUT2D eigenvalue weighted by molar-refractivity contribution is 5.75. The Morgan fingerprint density at radius 2 is 1.94 bits per heavy atom. The van der Waals surface area contributed by atoms with E-state index in [1.165, 1.54) is 32.4 Å². The molecular weight excluding hydrogens is 228 g/mol. The standard InChI is InChI=1S/C14H28N2O2/c1-4-13(14(17)18-5-2)15-12(3)11-16-9-7-6-8-10-16/h12-13,15H,4-11H2,1-3H3. The third kappa shape index (κ3) is 5.36. The van der Waals surface area contributed by atoms with Crippen molar-refractivity contribution in [1.29, 1.82) is 0 Å². The predicted octanol–water partition coefficient (Wildman–Crippen LogP) is 1.79. The van der Waals surface area contributed by atoms with Crippen LogP contribution in [0.2, 0.25) is 0 Å². The molecule has 1 rings (SSSR count). The van der Waals surface area contributed by atoms with Crippen LogP contribution in [-0.4, -0.2) is 49.2 Å². The molecule has 2 atom stereocenters. The summed E-state index contributed by atoms with van der Waals surface area (Å²) in [5.74, 6) is -0.120. The Bertz CT molecular complexity index is 240. The van der Waals surface area contributed by atoms with Crippen LogP contribution in [0, 0.1) is 0 Å². The Balaban J connectivity index is 2.31. The van der Waals surface area contributed by atoms with Gasteiger partial charge in [0.25, 0.3) is 0 Å². The van der Waals surface area contributed by atoms with Gasteiger partial charge in [-0.15, -0.1) is 0 Å². The Hall–Kier alpha value is -0.610. The van der Waals surface area contributed by atoms with Gasteiger partial charge in [-0.1, -0.05) is 13.3 Å². The van der Waals surface area contributed by atoms with Crippen molar-refractivity contribution >= 4 is 5.97 Å². The number of carbonyl (C=O) groups is 1. The lowest BCUT2D eigenvalue weighted by Crippen LogP contribution is -2.48. The van der Waals surface area contributed by atoms with Gasteiger partial charge in [-0.05, 0) is 46.2 Å². The highest BCUT2D eigenvalue weighted by Gasteiger charge is 2.21. The molecule has 18 heavy (non-hydrogen) atoms. The van der Waals surface area contributed by atoms with E-state index in [1.54, 1.807) is 0 Å². The van der Waals surface area contributed by atoms with E-state index in [9.17, 15) is 4.79 Å². The van der Waals surface area contributed by atoms with Crippen LogP contribution < -0.4 is 5.32 Å². The first-order valence-electron chi connectivity index (χ1n) is 7.32. The van der Waals surface area contributed by atoms with E-state index < -0.39 is 0 Å². The van der Waals surface area contributed by atoms with Crippen LogP contribution in [0.15, 0.2) is 0 Å². The minimum Gasteiger partial charge on any atom is -0.465 e. The molecule has 1 saturated heterocycles. The average Bonchev–Trinajstić information content (AvgIpc) is 2.37. The topological polar surface area (TPSA) is 41.6 Å². The molecule has 0 aromatic carbocycles. The molecule has 0 amide bonds. The summed E-state index contributed by atoms with van der Waals surface area (Å²) in [5.41, 5.74) is 0. The maximum atomic E-state index is 11.7. The zero-order chi connectivity index (χ0) is 13.4. The maximum Gasteiger partial charge on any atom is 0.323 e. The highest BCUT2D eigenvalue weighted by Crippen LogP contribution is 2.09. The smallest absolute Gasteiger partial charge is 0.323 e. The van der Waals surface area contributed by atoms with Crippen LogP contribution >= 0.6 is 0 Å². The van der Waals surface area contributed by atoms with Gasteiger partial charge >= 0.3 is 5.97 Å². The fourth-order valence-corrected chi connectivity index (χ4v) is 2.52. The molecule has 0 aromatic heterocycles. The number of likely N-dealkylation sites (tertiary alicyclic amines) is 1. The molecule has 1 heterocycles. The first-order valence-corrected chi connectivity index (χ1v) is 7.32. The number of hydrogen-bond acceptors (Lipinski definition) is 4. The third-order valence-corrected chi connectivity index (χ3v) is 3.45. The van der Waals surface area contributed by atoms with Crippen molar-refractivity contribution in [1.82, 2.24) is 10.2 Å². The molecule has 0 radical (unpaired) electrons. The van der Waals surface area contributed by atoms with E-state index in [0.717, 1.165) is 13.0 Å².